The Morgan fingerprint density at radius 3 is 2.88 bits per heavy atom. The lowest BCUT2D eigenvalue weighted by atomic mass is 9.94. The molecule has 0 bridgehead atoms. The highest BCUT2D eigenvalue weighted by Gasteiger charge is 2.24. The standard InChI is InChI=1S/C18H25N3O4S/c1-18(2,12-25-15-6-4-5-9-24-15)11-21-14(22)8-7-13-10-19-17(26(3)23)20-16(13)21/h7-8,10,15H,4-6,9,11-12H2,1-3H3. The average molecular weight is 379 g/mol. The molecule has 3 rings (SSSR count). The second kappa shape index (κ2) is 7.94. The summed E-state index contributed by atoms with van der Waals surface area (Å²) in [6.07, 6.45) is 6.06. The van der Waals surface area contributed by atoms with E-state index in [1.54, 1.807) is 16.8 Å². The van der Waals surface area contributed by atoms with E-state index < -0.39 is 10.8 Å². The molecule has 2 aromatic heterocycles. The van der Waals surface area contributed by atoms with Gasteiger partial charge < -0.3 is 9.47 Å². The highest BCUT2D eigenvalue weighted by atomic mass is 32.2. The number of fused-ring (bicyclic) bond motifs is 1. The maximum atomic E-state index is 12.5. The molecular formula is C18H25N3O4S. The Labute approximate surface area is 155 Å². The molecule has 2 unspecified atom stereocenters. The van der Waals surface area contributed by atoms with Gasteiger partial charge in [-0.25, -0.2) is 9.97 Å². The second-order valence-corrected chi connectivity index (χ2v) is 8.69. The van der Waals surface area contributed by atoms with Gasteiger partial charge in [0.25, 0.3) is 5.56 Å². The molecule has 1 aliphatic heterocycles. The summed E-state index contributed by atoms with van der Waals surface area (Å²) in [6, 6.07) is 3.20. The van der Waals surface area contributed by atoms with E-state index >= 15 is 0 Å². The summed E-state index contributed by atoms with van der Waals surface area (Å²) in [4.78, 5) is 20.9. The number of pyridine rings is 1. The Balaban J connectivity index is 1.83. The number of hydrogen-bond donors (Lipinski definition) is 0. The molecule has 2 aromatic rings. The van der Waals surface area contributed by atoms with Crippen molar-refractivity contribution in [2.45, 2.75) is 51.1 Å². The maximum absolute atomic E-state index is 12.5. The van der Waals surface area contributed by atoms with Gasteiger partial charge in [-0.2, -0.15) is 0 Å². The number of nitrogens with zero attached hydrogens (tertiary/aromatic N) is 3. The van der Waals surface area contributed by atoms with Crippen LogP contribution in [-0.4, -0.2) is 44.5 Å². The summed E-state index contributed by atoms with van der Waals surface area (Å²) in [5, 5.41) is 0.965. The van der Waals surface area contributed by atoms with Crippen molar-refractivity contribution >= 4 is 21.8 Å². The Bertz CT molecular complexity index is 859. The minimum Gasteiger partial charge on any atom is -0.353 e. The quantitative estimate of drug-likeness (QED) is 0.715. The van der Waals surface area contributed by atoms with Crippen LogP contribution in [0, 0.1) is 5.41 Å². The van der Waals surface area contributed by atoms with Crippen LogP contribution in [0.4, 0.5) is 0 Å². The highest BCUT2D eigenvalue weighted by molar-refractivity contribution is 7.84. The van der Waals surface area contributed by atoms with E-state index in [2.05, 4.69) is 9.97 Å². The van der Waals surface area contributed by atoms with Gasteiger partial charge in [0.05, 0.1) is 17.4 Å². The molecule has 0 N–H and O–H groups in total. The molecule has 142 valence electrons. The zero-order chi connectivity index (χ0) is 18.7. The zero-order valence-corrected chi connectivity index (χ0v) is 16.3. The van der Waals surface area contributed by atoms with E-state index in [1.807, 2.05) is 13.8 Å². The third-order valence-electron chi connectivity index (χ3n) is 4.34. The predicted molar refractivity (Wildman–Crippen MR) is 99.5 cm³/mol. The van der Waals surface area contributed by atoms with Crippen molar-refractivity contribution in [1.29, 1.82) is 0 Å². The summed E-state index contributed by atoms with van der Waals surface area (Å²) in [6.45, 7) is 5.73. The first-order valence-electron chi connectivity index (χ1n) is 8.79. The first-order chi connectivity index (χ1) is 12.4. The van der Waals surface area contributed by atoms with Gasteiger partial charge in [0.15, 0.2) is 6.29 Å². The van der Waals surface area contributed by atoms with Crippen LogP contribution in [0.25, 0.3) is 11.0 Å². The summed E-state index contributed by atoms with van der Waals surface area (Å²) >= 11 is 0. The van der Waals surface area contributed by atoms with E-state index in [0.29, 0.717) is 18.8 Å². The third-order valence-corrected chi connectivity index (χ3v) is 5.05. The summed E-state index contributed by atoms with van der Waals surface area (Å²) in [5.41, 5.74) is 0.0563. The van der Waals surface area contributed by atoms with Crippen molar-refractivity contribution in [2.24, 2.45) is 5.41 Å². The molecule has 0 amide bonds. The van der Waals surface area contributed by atoms with Crippen LogP contribution in [0.5, 0.6) is 0 Å². The first-order valence-corrected chi connectivity index (χ1v) is 10.3. The lowest BCUT2D eigenvalue weighted by Crippen LogP contribution is -2.34. The fourth-order valence-corrected chi connectivity index (χ4v) is 3.40. The molecular weight excluding hydrogens is 354 g/mol. The van der Waals surface area contributed by atoms with E-state index in [-0.39, 0.29) is 22.4 Å². The molecule has 1 fully saturated rings. The number of hydrogen-bond acceptors (Lipinski definition) is 6. The number of rotatable bonds is 6. The molecule has 1 aliphatic rings. The van der Waals surface area contributed by atoms with Gasteiger partial charge in [-0.05, 0) is 25.3 Å². The first kappa shape index (κ1) is 19.1. The normalized spacial score (nSPS) is 19.6. The van der Waals surface area contributed by atoms with Crippen LogP contribution in [0.2, 0.25) is 0 Å². The summed E-state index contributed by atoms with van der Waals surface area (Å²) in [7, 11) is -1.31. The van der Waals surface area contributed by atoms with E-state index in [4.69, 9.17) is 9.47 Å². The molecule has 3 heterocycles. The van der Waals surface area contributed by atoms with E-state index in [1.165, 1.54) is 12.3 Å². The van der Waals surface area contributed by atoms with Gasteiger partial charge in [0, 0.05) is 42.5 Å². The fourth-order valence-electron chi connectivity index (χ4n) is 2.98. The van der Waals surface area contributed by atoms with E-state index in [0.717, 1.165) is 31.3 Å². The van der Waals surface area contributed by atoms with Crippen LogP contribution in [0.3, 0.4) is 0 Å². The molecule has 8 heteroatoms. The largest absolute Gasteiger partial charge is 0.353 e. The lowest BCUT2D eigenvalue weighted by molar-refractivity contribution is -0.177. The molecule has 7 nitrogen and oxygen atoms in total. The summed E-state index contributed by atoms with van der Waals surface area (Å²) in [5.74, 6) is 0. The van der Waals surface area contributed by atoms with Gasteiger partial charge in [-0.1, -0.05) is 13.8 Å². The van der Waals surface area contributed by atoms with Gasteiger partial charge in [-0.15, -0.1) is 0 Å². The zero-order valence-electron chi connectivity index (χ0n) is 15.4. The molecule has 0 saturated carbocycles. The predicted octanol–water partition coefficient (Wildman–Crippen LogP) is 2.10. The van der Waals surface area contributed by atoms with Crippen molar-refractivity contribution in [2.75, 3.05) is 19.5 Å². The fraction of sp³-hybridized carbons (Fsp3) is 0.611. The van der Waals surface area contributed by atoms with Crippen molar-refractivity contribution in [3.05, 3.63) is 28.7 Å². The molecule has 0 aliphatic carbocycles. The van der Waals surface area contributed by atoms with Crippen molar-refractivity contribution in [3.8, 4) is 0 Å². The second-order valence-electron chi connectivity index (χ2n) is 7.41. The monoisotopic (exact) mass is 379 g/mol. The van der Waals surface area contributed by atoms with Crippen LogP contribution in [-0.2, 0) is 26.8 Å². The van der Waals surface area contributed by atoms with Crippen molar-refractivity contribution in [1.82, 2.24) is 14.5 Å². The average Bonchev–Trinajstić information content (AvgIpc) is 2.63. The SMILES string of the molecule is CS(=O)c1ncc2ccc(=O)n(CC(C)(C)COC3CCCCO3)c2n1. The van der Waals surface area contributed by atoms with Crippen molar-refractivity contribution < 1.29 is 13.7 Å². The topological polar surface area (TPSA) is 83.3 Å². The lowest BCUT2D eigenvalue weighted by Gasteiger charge is -2.30. The maximum Gasteiger partial charge on any atom is 0.252 e. The summed E-state index contributed by atoms with van der Waals surface area (Å²) < 4.78 is 24.9. The molecule has 2 atom stereocenters. The molecule has 1 saturated heterocycles. The smallest absolute Gasteiger partial charge is 0.252 e. The molecule has 0 radical (unpaired) electrons. The minimum absolute atomic E-state index is 0.147. The van der Waals surface area contributed by atoms with Crippen LogP contribution in [0.15, 0.2) is 28.3 Å². The minimum atomic E-state index is -1.31. The van der Waals surface area contributed by atoms with Gasteiger partial charge >= 0.3 is 0 Å². The van der Waals surface area contributed by atoms with Gasteiger partial charge in [-0.3, -0.25) is 13.6 Å². The van der Waals surface area contributed by atoms with E-state index in [9.17, 15) is 9.00 Å². The third kappa shape index (κ3) is 4.55. The Morgan fingerprint density at radius 2 is 2.19 bits per heavy atom. The van der Waals surface area contributed by atoms with Gasteiger partial charge in [0.1, 0.15) is 5.65 Å². The molecule has 0 aromatic carbocycles. The highest BCUT2D eigenvalue weighted by Crippen LogP contribution is 2.23. The number of ether oxygens (including phenoxy) is 2. The molecule has 0 spiro atoms. The Morgan fingerprint density at radius 1 is 1.38 bits per heavy atom. The van der Waals surface area contributed by atoms with Crippen LogP contribution < -0.4 is 5.56 Å². The number of aromatic nitrogens is 3. The van der Waals surface area contributed by atoms with Gasteiger partial charge in [0.2, 0.25) is 5.16 Å². The Hall–Kier alpha value is -1.64. The van der Waals surface area contributed by atoms with Crippen LogP contribution in [0.1, 0.15) is 33.1 Å². The van der Waals surface area contributed by atoms with Crippen molar-refractivity contribution in [3.63, 3.8) is 0 Å². The van der Waals surface area contributed by atoms with Crippen LogP contribution >= 0.6 is 0 Å². The Kier molecular flexibility index (Phi) is 5.84. The molecule has 26 heavy (non-hydrogen) atoms.